The molecule has 5 aromatic carbocycles. The third-order valence-electron chi connectivity index (χ3n) is 9.23. The van der Waals surface area contributed by atoms with E-state index in [2.05, 4.69) is 0 Å². The van der Waals surface area contributed by atoms with Crippen LogP contribution in [0.4, 0.5) is 0 Å². The van der Waals surface area contributed by atoms with Gasteiger partial charge in [-0.1, -0.05) is 72.8 Å². The molecular weight excluding hydrogens is 792 g/mol. The molecule has 0 bridgehead atoms. The molecule has 61 heavy (non-hydrogen) atoms. The first-order valence-electron chi connectivity index (χ1n) is 18.7. The van der Waals surface area contributed by atoms with Gasteiger partial charge in [0.1, 0.15) is 24.0 Å². The van der Waals surface area contributed by atoms with Gasteiger partial charge in [0, 0.05) is 13.0 Å². The topological polar surface area (TPSA) is 189 Å². The second-order valence-corrected chi connectivity index (χ2v) is 13.3. The molecule has 1 aromatic heterocycles. The molecule has 15 nitrogen and oxygen atoms in total. The average molecular weight is 829 g/mol. The highest BCUT2D eigenvalue weighted by molar-refractivity contribution is 5.92. The van der Waals surface area contributed by atoms with E-state index in [4.69, 9.17) is 42.3 Å². The van der Waals surface area contributed by atoms with Crippen molar-refractivity contribution in [2.75, 3.05) is 13.7 Å². The Hall–Kier alpha value is -7.78. The summed E-state index contributed by atoms with van der Waals surface area (Å²) >= 11 is 0. The van der Waals surface area contributed by atoms with Gasteiger partial charge in [0.05, 0.1) is 34.7 Å². The number of hydrogen-bond donors (Lipinski definition) is 0. The lowest BCUT2D eigenvalue weighted by Crippen LogP contribution is -2.63. The number of fused-ring (bicyclic) bond motifs is 1. The lowest BCUT2D eigenvalue weighted by molar-refractivity contribution is -0.275. The summed E-state index contributed by atoms with van der Waals surface area (Å²) in [7, 11) is 1.27. The van der Waals surface area contributed by atoms with Gasteiger partial charge in [-0.25, -0.2) is 24.0 Å². The summed E-state index contributed by atoms with van der Waals surface area (Å²) in [4.78, 5) is 79.5. The summed E-state index contributed by atoms with van der Waals surface area (Å²) in [6.45, 7) is 0.528. The molecule has 0 radical (unpaired) electrons. The second-order valence-electron chi connectivity index (χ2n) is 13.3. The highest BCUT2D eigenvalue weighted by atomic mass is 16.7. The number of hydrogen-bond acceptors (Lipinski definition) is 15. The summed E-state index contributed by atoms with van der Waals surface area (Å²) in [6.07, 6.45) is -8.11. The van der Waals surface area contributed by atoms with Crippen LogP contribution in [-0.2, 0) is 28.5 Å². The van der Waals surface area contributed by atoms with Gasteiger partial charge in [-0.2, -0.15) is 0 Å². The predicted molar refractivity (Wildman–Crippen MR) is 213 cm³/mol. The molecule has 0 amide bonds. The molecule has 1 fully saturated rings. The molecule has 0 spiro atoms. The summed E-state index contributed by atoms with van der Waals surface area (Å²) < 4.78 is 52.6. The maximum absolute atomic E-state index is 13.9. The van der Waals surface area contributed by atoms with Gasteiger partial charge < -0.3 is 42.3 Å². The lowest BCUT2D eigenvalue weighted by Gasteiger charge is -2.44. The van der Waals surface area contributed by atoms with E-state index in [1.54, 1.807) is 72.8 Å². The van der Waals surface area contributed by atoms with E-state index in [9.17, 15) is 28.8 Å². The zero-order chi connectivity index (χ0) is 42.9. The molecule has 0 unspecified atom stereocenters. The minimum Gasteiger partial charge on any atom is -0.492 e. The molecule has 5 atom stereocenters. The molecule has 0 N–H and O–H groups in total. The zero-order valence-electron chi connectivity index (χ0n) is 32.5. The molecule has 0 saturated carbocycles. The first kappa shape index (κ1) is 41.4. The van der Waals surface area contributed by atoms with Gasteiger partial charge in [-0.15, -0.1) is 0 Å². The van der Waals surface area contributed by atoms with Crippen LogP contribution in [0.2, 0.25) is 0 Å². The maximum Gasteiger partial charge on any atom is 0.383 e. The van der Waals surface area contributed by atoms with Gasteiger partial charge >= 0.3 is 35.5 Å². The Morgan fingerprint density at radius 2 is 1.05 bits per heavy atom. The minimum absolute atomic E-state index is 0.0309. The van der Waals surface area contributed by atoms with Crippen molar-refractivity contribution >= 4 is 40.8 Å². The Bertz CT molecular complexity index is 2580. The molecule has 1 saturated heterocycles. The van der Waals surface area contributed by atoms with Crippen LogP contribution in [0.5, 0.6) is 17.2 Å². The third-order valence-corrected chi connectivity index (χ3v) is 9.23. The number of esters is 5. The largest absolute Gasteiger partial charge is 0.492 e. The fourth-order valence-corrected chi connectivity index (χ4v) is 6.40. The van der Waals surface area contributed by atoms with Crippen molar-refractivity contribution in [2.24, 2.45) is 0 Å². The van der Waals surface area contributed by atoms with Gasteiger partial charge in [0.2, 0.25) is 12.4 Å². The number of carbonyl (C=O) groups excluding carboxylic acids is 5. The monoisotopic (exact) mass is 828 g/mol. The summed E-state index contributed by atoms with van der Waals surface area (Å²) in [5.74, 6) is -4.77. The van der Waals surface area contributed by atoms with E-state index in [1.807, 2.05) is 0 Å². The van der Waals surface area contributed by atoms with E-state index < -0.39 is 78.5 Å². The van der Waals surface area contributed by atoms with Gasteiger partial charge in [-0.3, -0.25) is 4.79 Å². The van der Waals surface area contributed by atoms with Crippen LogP contribution in [0.25, 0.3) is 11.0 Å². The molecule has 1 aliphatic heterocycles. The number of rotatable bonds is 13. The Morgan fingerprint density at radius 3 is 1.54 bits per heavy atom. The first-order chi connectivity index (χ1) is 29.6. The summed E-state index contributed by atoms with van der Waals surface area (Å²) in [5, 5.41) is 0.218. The van der Waals surface area contributed by atoms with Crippen LogP contribution in [0.15, 0.2) is 149 Å². The van der Waals surface area contributed by atoms with Gasteiger partial charge in [0.15, 0.2) is 18.0 Å². The molecule has 2 heterocycles. The quantitative estimate of drug-likeness (QED) is 0.0709. The van der Waals surface area contributed by atoms with E-state index in [0.29, 0.717) is 0 Å². The van der Waals surface area contributed by atoms with E-state index in [-0.39, 0.29) is 44.7 Å². The van der Waals surface area contributed by atoms with Crippen LogP contribution in [0.3, 0.4) is 0 Å². The zero-order valence-corrected chi connectivity index (χ0v) is 32.5. The molecule has 6 aromatic rings. The lowest BCUT2D eigenvalue weighted by atomic mass is 9.97. The first-order valence-corrected chi connectivity index (χ1v) is 18.7. The third kappa shape index (κ3) is 9.75. The number of benzene rings is 5. The SMILES string of the molecule is COc1c(OC(C)=O)c(=O)oc2cc(O[C@@H]3O[C@H](COC(=O)c4ccccc4)[C@@H](OC(=O)c4ccccc4)[C@H](OC(=O)c4ccccc4)[C@H]3OC(=O)c3ccccc3)ccc12. The highest BCUT2D eigenvalue weighted by Gasteiger charge is 2.54. The predicted octanol–water partition coefficient (Wildman–Crippen LogP) is 6.36. The number of methoxy groups -OCH3 is 1. The Kier molecular flexibility index (Phi) is 12.8. The minimum atomic E-state index is -1.70. The summed E-state index contributed by atoms with van der Waals surface area (Å²) in [5.41, 5.74) is -0.566. The van der Waals surface area contributed by atoms with E-state index in [1.165, 1.54) is 73.8 Å². The average Bonchev–Trinajstić information content (AvgIpc) is 3.28. The van der Waals surface area contributed by atoms with Crippen molar-refractivity contribution in [3.8, 4) is 17.2 Å². The van der Waals surface area contributed by atoms with Crippen LogP contribution >= 0.6 is 0 Å². The Labute approximate surface area is 347 Å². The normalized spacial score (nSPS) is 18.2. The van der Waals surface area contributed by atoms with Crippen molar-refractivity contribution in [1.82, 2.24) is 0 Å². The Balaban J connectivity index is 1.33. The number of ether oxygens (including phenoxy) is 8. The molecular formula is C46H36O15. The molecule has 7 rings (SSSR count). The van der Waals surface area contributed by atoms with Gasteiger partial charge in [0.25, 0.3) is 5.75 Å². The molecule has 0 aliphatic carbocycles. The van der Waals surface area contributed by atoms with Crippen LogP contribution in [0.1, 0.15) is 48.4 Å². The van der Waals surface area contributed by atoms with E-state index >= 15 is 0 Å². The van der Waals surface area contributed by atoms with Crippen molar-refractivity contribution < 1.29 is 66.3 Å². The fraction of sp³-hybridized carbons (Fsp3) is 0.174. The van der Waals surface area contributed by atoms with E-state index in [0.717, 1.165) is 6.92 Å². The van der Waals surface area contributed by atoms with Crippen molar-refractivity contribution in [3.63, 3.8) is 0 Å². The molecule has 310 valence electrons. The maximum atomic E-state index is 13.9. The van der Waals surface area contributed by atoms with Crippen LogP contribution in [-0.4, -0.2) is 74.3 Å². The van der Waals surface area contributed by atoms with Crippen molar-refractivity contribution in [2.45, 2.75) is 37.6 Å². The second kappa shape index (κ2) is 18.9. The molecule has 15 heteroatoms. The standard InChI is InChI=1S/C46H36O15/c1-27(47)55-39-36(53-2)33-24-23-32(25-34(33)57-45(39)52)56-46-40(61-44(51)31-21-13-6-14-22-31)38(60-43(50)30-19-11-5-12-20-30)37(59-42(49)29-17-9-4-10-18-29)35(58-46)26-54-41(48)28-15-7-3-8-16-28/h3-25,35,37-38,40,46H,26H2,1-2H3/t35-,37-,38+,40-,46-/m1/s1. The van der Waals surface area contributed by atoms with Crippen molar-refractivity contribution in [3.05, 3.63) is 172 Å². The fourth-order valence-electron chi connectivity index (χ4n) is 6.40. The molecule has 1 aliphatic rings. The number of carbonyl (C=O) groups is 5. The van der Waals surface area contributed by atoms with Crippen LogP contribution < -0.4 is 19.8 Å². The van der Waals surface area contributed by atoms with Gasteiger partial charge in [-0.05, 0) is 60.7 Å². The highest BCUT2D eigenvalue weighted by Crippen LogP contribution is 2.37. The van der Waals surface area contributed by atoms with Crippen molar-refractivity contribution in [1.29, 1.82) is 0 Å². The smallest absolute Gasteiger partial charge is 0.383 e. The van der Waals surface area contributed by atoms with Crippen LogP contribution in [0, 0.1) is 0 Å². The summed E-state index contributed by atoms with van der Waals surface area (Å²) in [6, 6.07) is 36.0. The Morgan fingerprint density at radius 1 is 0.574 bits per heavy atom.